The normalized spacial score (nSPS) is 11.7. The van der Waals surface area contributed by atoms with Crippen molar-refractivity contribution in [1.29, 1.82) is 5.41 Å². The summed E-state index contributed by atoms with van der Waals surface area (Å²) in [6, 6.07) is 8.27. The van der Waals surface area contributed by atoms with Gasteiger partial charge in [-0.3, -0.25) is 19.3 Å². The number of imide groups is 1. The van der Waals surface area contributed by atoms with Crippen molar-refractivity contribution in [2.75, 3.05) is 18.1 Å². The van der Waals surface area contributed by atoms with Gasteiger partial charge in [0.25, 0.3) is 5.91 Å². The van der Waals surface area contributed by atoms with Crippen molar-refractivity contribution in [3.8, 4) is 0 Å². The van der Waals surface area contributed by atoms with Gasteiger partial charge in [-0.05, 0) is 54.6 Å². The minimum Gasteiger partial charge on any atom is -0.380 e. The van der Waals surface area contributed by atoms with Crippen LogP contribution in [0, 0.1) is 5.41 Å². The summed E-state index contributed by atoms with van der Waals surface area (Å²) in [6.07, 6.45) is -1.29. The minimum atomic E-state index is -4.58. The number of carbonyl (C=O) groups excluding carboxylic acids is 3. The lowest BCUT2D eigenvalue weighted by atomic mass is 10.0. The highest BCUT2D eigenvalue weighted by molar-refractivity contribution is 8.03. The van der Waals surface area contributed by atoms with Crippen LogP contribution < -0.4 is 11.1 Å². The van der Waals surface area contributed by atoms with Gasteiger partial charge in [0.15, 0.2) is 0 Å². The number of anilines is 1. The van der Waals surface area contributed by atoms with Crippen LogP contribution in [0.2, 0.25) is 5.02 Å². The number of primary amides is 1. The molecule has 0 aliphatic carbocycles. The summed E-state index contributed by atoms with van der Waals surface area (Å²) in [5, 5.41) is 11.0. The third kappa shape index (κ3) is 7.59. The van der Waals surface area contributed by atoms with E-state index in [1.54, 1.807) is 24.5 Å². The second kappa shape index (κ2) is 11.9. The van der Waals surface area contributed by atoms with Crippen LogP contribution in [-0.2, 0) is 27.1 Å². The first-order valence-electron chi connectivity index (χ1n) is 9.96. The van der Waals surface area contributed by atoms with Gasteiger partial charge < -0.3 is 16.5 Å². The van der Waals surface area contributed by atoms with Crippen molar-refractivity contribution in [2.45, 2.75) is 19.6 Å². The molecular formula is C23H22ClF3N4O3S. The summed E-state index contributed by atoms with van der Waals surface area (Å²) >= 11 is 6.78. The fourth-order valence-corrected chi connectivity index (χ4v) is 3.82. The lowest BCUT2D eigenvalue weighted by Crippen LogP contribution is -2.37. The Morgan fingerprint density at radius 1 is 1.23 bits per heavy atom. The lowest BCUT2D eigenvalue weighted by Gasteiger charge is -2.17. The van der Waals surface area contributed by atoms with Crippen molar-refractivity contribution in [3.63, 3.8) is 0 Å². The van der Waals surface area contributed by atoms with Gasteiger partial charge >= 0.3 is 6.18 Å². The van der Waals surface area contributed by atoms with Gasteiger partial charge in [-0.25, -0.2) is 0 Å². The van der Waals surface area contributed by atoms with E-state index in [1.165, 1.54) is 25.1 Å². The molecule has 0 fully saturated rings. The van der Waals surface area contributed by atoms with Gasteiger partial charge in [-0.2, -0.15) is 13.2 Å². The predicted molar refractivity (Wildman–Crippen MR) is 131 cm³/mol. The SMILES string of the molecule is CS/C(=C\c1ccc(NCc2ccc(Cl)cc2C(F)(F)F)c(C(C)=N)c1)C(=O)N(C=O)CC(N)=O. The highest BCUT2D eigenvalue weighted by Crippen LogP contribution is 2.34. The molecule has 0 radical (unpaired) electrons. The van der Waals surface area contributed by atoms with E-state index in [-0.39, 0.29) is 34.2 Å². The number of hydrogen-bond acceptors (Lipinski definition) is 6. The molecule has 0 aromatic heterocycles. The van der Waals surface area contributed by atoms with E-state index in [4.69, 9.17) is 22.7 Å². The lowest BCUT2D eigenvalue weighted by molar-refractivity contribution is -0.138. The molecule has 0 aliphatic heterocycles. The molecule has 0 atom stereocenters. The summed E-state index contributed by atoms with van der Waals surface area (Å²) in [7, 11) is 0. The average Bonchev–Trinajstić information content (AvgIpc) is 2.79. The number of benzene rings is 2. The number of nitrogens with zero attached hydrogens (tertiary/aromatic N) is 1. The van der Waals surface area contributed by atoms with E-state index in [0.717, 1.165) is 17.8 Å². The van der Waals surface area contributed by atoms with Gasteiger partial charge in [-0.15, -0.1) is 11.8 Å². The number of amides is 3. The van der Waals surface area contributed by atoms with Crippen LogP contribution in [0.15, 0.2) is 41.3 Å². The van der Waals surface area contributed by atoms with E-state index in [9.17, 15) is 27.6 Å². The zero-order chi connectivity index (χ0) is 26.3. The molecule has 0 spiro atoms. The number of carbonyl (C=O) groups is 3. The first-order chi connectivity index (χ1) is 16.4. The Morgan fingerprint density at radius 2 is 1.91 bits per heavy atom. The molecule has 2 aromatic carbocycles. The fraction of sp³-hybridized carbons (Fsp3) is 0.217. The molecule has 0 saturated carbocycles. The van der Waals surface area contributed by atoms with Crippen LogP contribution in [0.1, 0.15) is 29.2 Å². The molecule has 186 valence electrons. The van der Waals surface area contributed by atoms with E-state index < -0.39 is 30.1 Å². The summed E-state index contributed by atoms with van der Waals surface area (Å²) in [5.74, 6) is -1.57. The Bertz CT molecular complexity index is 1190. The molecule has 12 heteroatoms. The Hall–Kier alpha value is -3.31. The van der Waals surface area contributed by atoms with Crippen molar-refractivity contribution >= 4 is 59.1 Å². The Morgan fingerprint density at radius 3 is 2.46 bits per heavy atom. The zero-order valence-electron chi connectivity index (χ0n) is 18.7. The topological polar surface area (TPSA) is 116 Å². The smallest absolute Gasteiger partial charge is 0.380 e. The van der Waals surface area contributed by atoms with Crippen LogP contribution in [0.25, 0.3) is 6.08 Å². The number of thioether (sulfide) groups is 1. The van der Waals surface area contributed by atoms with Gasteiger partial charge in [-0.1, -0.05) is 23.7 Å². The number of nitrogens with one attached hydrogen (secondary N) is 2. The second-order valence-corrected chi connectivity index (χ2v) is 8.58. The summed E-state index contributed by atoms with van der Waals surface area (Å²) in [4.78, 5) is 35.6. The minimum absolute atomic E-state index is 0.0156. The summed E-state index contributed by atoms with van der Waals surface area (Å²) < 4.78 is 40.1. The van der Waals surface area contributed by atoms with Crippen LogP contribution in [-0.4, -0.2) is 41.6 Å². The van der Waals surface area contributed by atoms with E-state index in [1.807, 2.05) is 0 Å². The molecule has 7 nitrogen and oxygen atoms in total. The summed E-state index contributed by atoms with van der Waals surface area (Å²) in [6.45, 7) is 0.773. The van der Waals surface area contributed by atoms with Crippen molar-refractivity contribution in [1.82, 2.24) is 4.90 Å². The second-order valence-electron chi connectivity index (χ2n) is 7.30. The van der Waals surface area contributed by atoms with Crippen LogP contribution >= 0.6 is 23.4 Å². The van der Waals surface area contributed by atoms with Crippen LogP contribution in [0.5, 0.6) is 0 Å². The van der Waals surface area contributed by atoms with Gasteiger partial charge in [0.2, 0.25) is 12.3 Å². The molecule has 0 bridgehead atoms. The van der Waals surface area contributed by atoms with E-state index >= 15 is 0 Å². The first kappa shape index (κ1) is 27.9. The Balaban J connectivity index is 2.36. The molecule has 0 saturated heterocycles. The van der Waals surface area contributed by atoms with Crippen LogP contribution in [0.4, 0.5) is 18.9 Å². The number of nitrogens with two attached hydrogens (primary N) is 1. The van der Waals surface area contributed by atoms with Crippen molar-refractivity contribution in [2.24, 2.45) is 5.73 Å². The quantitative estimate of drug-likeness (QED) is 0.239. The molecule has 2 rings (SSSR count). The number of hydrogen-bond donors (Lipinski definition) is 3. The Kier molecular flexibility index (Phi) is 9.49. The van der Waals surface area contributed by atoms with Crippen molar-refractivity contribution < 1.29 is 27.6 Å². The standard InChI is InChI=1S/C23H22ClF3N4O3S/c1-13(28)17-7-14(8-20(35-2)22(34)31(12-32)11-21(29)33)3-6-19(17)30-10-15-4-5-16(24)9-18(15)23(25,26)27/h3-9,12,28,30H,10-11H2,1-2H3,(H2,29,33)/b20-8-,28-13?. The summed E-state index contributed by atoms with van der Waals surface area (Å²) in [5.41, 5.74) is 5.64. The van der Waals surface area contributed by atoms with Gasteiger partial charge in [0.1, 0.15) is 6.54 Å². The molecule has 2 aromatic rings. The van der Waals surface area contributed by atoms with E-state index in [2.05, 4.69) is 5.32 Å². The maximum atomic E-state index is 13.4. The fourth-order valence-electron chi connectivity index (χ4n) is 3.10. The predicted octanol–water partition coefficient (Wildman–Crippen LogP) is 4.53. The van der Waals surface area contributed by atoms with Crippen molar-refractivity contribution in [3.05, 3.63) is 68.6 Å². The number of rotatable bonds is 10. The zero-order valence-corrected chi connectivity index (χ0v) is 20.3. The number of halogens is 4. The number of alkyl halides is 3. The average molecular weight is 527 g/mol. The highest BCUT2D eigenvalue weighted by Gasteiger charge is 2.33. The van der Waals surface area contributed by atoms with E-state index in [0.29, 0.717) is 21.7 Å². The molecule has 4 N–H and O–H groups in total. The third-order valence-corrected chi connectivity index (χ3v) is 5.70. The largest absolute Gasteiger partial charge is 0.416 e. The molecule has 0 unspecified atom stereocenters. The highest BCUT2D eigenvalue weighted by atomic mass is 35.5. The molecule has 35 heavy (non-hydrogen) atoms. The molecule has 3 amide bonds. The maximum absolute atomic E-state index is 13.4. The van der Waals surface area contributed by atoms with Crippen LogP contribution in [0.3, 0.4) is 0 Å². The third-order valence-electron chi connectivity index (χ3n) is 4.74. The maximum Gasteiger partial charge on any atom is 0.416 e. The first-order valence-corrected chi connectivity index (χ1v) is 11.6. The molecular weight excluding hydrogens is 505 g/mol. The molecule has 0 aliphatic rings. The van der Waals surface area contributed by atoms with Gasteiger partial charge in [0.05, 0.1) is 10.5 Å². The monoisotopic (exact) mass is 526 g/mol. The molecule has 0 heterocycles. The Labute approximate surface area is 209 Å². The van der Waals surface area contributed by atoms with Gasteiger partial charge in [0, 0.05) is 28.5 Å².